The highest BCUT2D eigenvalue weighted by atomic mass is 35.5. The maximum absolute atomic E-state index is 12.9. The summed E-state index contributed by atoms with van der Waals surface area (Å²) in [6.07, 6.45) is 0. The van der Waals surface area contributed by atoms with Gasteiger partial charge in [-0.05, 0) is 42.0 Å². The highest BCUT2D eigenvalue weighted by molar-refractivity contribution is 5.93. The minimum absolute atomic E-state index is 0. The number of benzene rings is 3. The Morgan fingerprint density at radius 1 is 0.967 bits per heavy atom. The Hall–Kier alpha value is -3.33. The van der Waals surface area contributed by atoms with E-state index in [-0.39, 0.29) is 30.2 Å². The highest BCUT2D eigenvalue weighted by Gasteiger charge is 2.33. The van der Waals surface area contributed by atoms with Crippen LogP contribution in [0.25, 0.3) is 0 Å². The Balaban J connectivity index is 0.00000256. The van der Waals surface area contributed by atoms with E-state index in [1.165, 1.54) is 5.56 Å². The molecule has 3 aromatic carbocycles. The first-order chi connectivity index (χ1) is 14.2. The molecule has 152 valence electrons. The molecular formula is C24H22ClN3O2. The molecule has 3 aromatic rings. The van der Waals surface area contributed by atoms with Crippen molar-refractivity contribution in [2.45, 2.75) is 5.92 Å². The molecule has 1 aliphatic heterocycles. The molecule has 1 fully saturated rings. The Morgan fingerprint density at radius 2 is 1.73 bits per heavy atom. The summed E-state index contributed by atoms with van der Waals surface area (Å²) in [5.41, 5.74) is 2.45. The van der Waals surface area contributed by atoms with Crippen LogP contribution in [0.3, 0.4) is 0 Å². The van der Waals surface area contributed by atoms with E-state index in [4.69, 9.17) is 10.00 Å². The van der Waals surface area contributed by atoms with Crippen molar-refractivity contribution in [1.82, 2.24) is 5.32 Å². The molecule has 0 aliphatic carbocycles. The topological polar surface area (TPSA) is 74.1 Å². The third-order valence-electron chi connectivity index (χ3n) is 5.10. The van der Waals surface area contributed by atoms with Crippen LogP contribution in [0.4, 0.5) is 5.69 Å². The normalized spacial score (nSPS) is 17.4. The Morgan fingerprint density at radius 3 is 2.47 bits per heavy atom. The van der Waals surface area contributed by atoms with E-state index in [2.05, 4.69) is 28.8 Å². The number of amides is 1. The number of anilines is 1. The molecule has 2 atom stereocenters. The number of hydrogen-bond donors (Lipinski definition) is 2. The monoisotopic (exact) mass is 419 g/mol. The van der Waals surface area contributed by atoms with Crippen molar-refractivity contribution in [1.29, 1.82) is 5.26 Å². The fourth-order valence-electron chi connectivity index (χ4n) is 3.61. The zero-order valence-electron chi connectivity index (χ0n) is 16.2. The number of carbonyl (C=O) groups excluding carboxylic acids is 1. The van der Waals surface area contributed by atoms with Gasteiger partial charge in [-0.25, -0.2) is 0 Å². The van der Waals surface area contributed by atoms with E-state index in [9.17, 15) is 4.79 Å². The largest absolute Gasteiger partial charge is 0.457 e. The van der Waals surface area contributed by atoms with Crippen LogP contribution >= 0.6 is 12.4 Å². The molecule has 1 heterocycles. The molecular weight excluding hydrogens is 398 g/mol. The van der Waals surface area contributed by atoms with Gasteiger partial charge in [0, 0.05) is 30.8 Å². The van der Waals surface area contributed by atoms with Crippen LogP contribution < -0.4 is 15.4 Å². The molecule has 0 aromatic heterocycles. The summed E-state index contributed by atoms with van der Waals surface area (Å²) >= 11 is 0. The fraction of sp³-hybridized carbons (Fsp3) is 0.167. The van der Waals surface area contributed by atoms with E-state index in [0.29, 0.717) is 29.3 Å². The summed E-state index contributed by atoms with van der Waals surface area (Å²) in [6, 6.07) is 26.5. The number of carbonyl (C=O) groups is 1. The van der Waals surface area contributed by atoms with Crippen molar-refractivity contribution in [3.05, 3.63) is 90.0 Å². The molecule has 1 amide bonds. The number of ether oxygens (including phenoxy) is 1. The van der Waals surface area contributed by atoms with Crippen molar-refractivity contribution in [3.8, 4) is 17.6 Å². The van der Waals surface area contributed by atoms with E-state index in [0.717, 1.165) is 6.54 Å². The Labute approximate surface area is 182 Å². The lowest BCUT2D eigenvalue weighted by molar-refractivity contribution is -0.119. The third-order valence-corrected chi connectivity index (χ3v) is 5.10. The molecule has 1 saturated heterocycles. The van der Waals surface area contributed by atoms with Gasteiger partial charge < -0.3 is 15.4 Å². The van der Waals surface area contributed by atoms with Crippen molar-refractivity contribution in [2.75, 3.05) is 18.4 Å². The second-order valence-corrected chi connectivity index (χ2v) is 7.04. The second-order valence-electron chi connectivity index (χ2n) is 7.04. The molecule has 1 aliphatic rings. The minimum Gasteiger partial charge on any atom is -0.457 e. The average Bonchev–Trinajstić information content (AvgIpc) is 3.25. The summed E-state index contributed by atoms with van der Waals surface area (Å²) in [7, 11) is 0. The number of nitrogens with zero attached hydrogens (tertiary/aromatic N) is 1. The SMILES string of the molecule is Cl.N#Cc1ccc(Oc2cccc(NC(=O)[C@@H]3CNC[C@H]3c3ccccc3)c2)cc1. The lowest BCUT2D eigenvalue weighted by Gasteiger charge is -2.19. The zero-order valence-corrected chi connectivity index (χ0v) is 17.1. The first-order valence-corrected chi connectivity index (χ1v) is 9.57. The van der Waals surface area contributed by atoms with Gasteiger partial charge in [0.25, 0.3) is 0 Å². The van der Waals surface area contributed by atoms with Crippen LogP contribution in [-0.2, 0) is 4.79 Å². The number of hydrogen-bond acceptors (Lipinski definition) is 4. The summed E-state index contributed by atoms with van der Waals surface area (Å²) in [5, 5.41) is 15.2. The van der Waals surface area contributed by atoms with Crippen LogP contribution in [0, 0.1) is 17.2 Å². The van der Waals surface area contributed by atoms with Crippen LogP contribution in [0.2, 0.25) is 0 Å². The smallest absolute Gasteiger partial charge is 0.229 e. The summed E-state index contributed by atoms with van der Waals surface area (Å²) < 4.78 is 5.84. The number of halogens is 1. The Kier molecular flexibility index (Phi) is 7.08. The molecule has 0 radical (unpaired) electrons. The molecule has 2 N–H and O–H groups in total. The molecule has 0 unspecified atom stereocenters. The van der Waals surface area contributed by atoms with Gasteiger partial charge in [0.1, 0.15) is 11.5 Å². The number of rotatable bonds is 5. The highest BCUT2D eigenvalue weighted by Crippen LogP contribution is 2.30. The standard InChI is InChI=1S/C24H21N3O2.ClH/c25-14-17-9-11-20(12-10-17)29-21-8-4-7-19(13-21)27-24(28)23-16-26-15-22(23)18-5-2-1-3-6-18;/h1-13,22-23,26H,15-16H2,(H,27,28);1H/t22-,23+;/m0./s1. The van der Waals surface area contributed by atoms with Gasteiger partial charge in [-0.1, -0.05) is 36.4 Å². The van der Waals surface area contributed by atoms with Crippen LogP contribution in [0.1, 0.15) is 17.0 Å². The second kappa shape index (κ2) is 9.93. The van der Waals surface area contributed by atoms with Crippen LogP contribution in [0.15, 0.2) is 78.9 Å². The van der Waals surface area contributed by atoms with Gasteiger partial charge in [-0.3, -0.25) is 4.79 Å². The van der Waals surface area contributed by atoms with E-state index >= 15 is 0 Å². The van der Waals surface area contributed by atoms with Gasteiger partial charge in [0.05, 0.1) is 17.6 Å². The molecule has 0 saturated carbocycles. The minimum atomic E-state index is -0.125. The first-order valence-electron chi connectivity index (χ1n) is 9.57. The average molecular weight is 420 g/mol. The lowest BCUT2D eigenvalue weighted by atomic mass is 9.88. The summed E-state index contributed by atoms with van der Waals surface area (Å²) in [6.45, 7) is 1.46. The van der Waals surface area contributed by atoms with Gasteiger partial charge >= 0.3 is 0 Å². The molecule has 0 bridgehead atoms. The lowest BCUT2D eigenvalue weighted by Crippen LogP contribution is -2.28. The van der Waals surface area contributed by atoms with Gasteiger partial charge in [-0.2, -0.15) is 5.26 Å². The predicted octanol–water partition coefficient (Wildman–Crippen LogP) is 4.71. The van der Waals surface area contributed by atoms with Crippen LogP contribution in [-0.4, -0.2) is 19.0 Å². The maximum atomic E-state index is 12.9. The Bertz CT molecular complexity index is 1030. The predicted molar refractivity (Wildman–Crippen MR) is 119 cm³/mol. The van der Waals surface area contributed by atoms with Crippen molar-refractivity contribution < 1.29 is 9.53 Å². The van der Waals surface area contributed by atoms with Gasteiger partial charge in [-0.15, -0.1) is 12.4 Å². The van der Waals surface area contributed by atoms with Gasteiger partial charge in [0.2, 0.25) is 5.91 Å². The van der Waals surface area contributed by atoms with Crippen molar-refractivity contribution in [2.24, 2.45) is 5.92 Å². The van der Waals surface area contributed by atoms with Crippen molar-refractivity contribution >= 4 is 24.0 Å². The van der Waals surface area contributed by atoms with E-state index in [1.54, 1.807) is 30.3 Å². The van der Waals surface area contributed by atoms with Crippen molar-refractivity contribution in [3.63, 3.8) is 0 Å². The van der Waals surface area contributed by atoms with Gasteiger partial charge in [0.15, 0.2) is 0 Å². The fourth-order valence-corrected chi connectivity index (χ4v) is 3.61. The summed E-state index contributed by atoms with van der Waals surface area (Å²) in [5.74, 6) is 1.29. The third kappa shape index (κ3) is 4.98. The van der Waals surface area contributed by atoms with Crippen LogP contribution in [0.5, 0.6) is 11.5 Å². The molecule has 0 spiro atoms. The number of nitriles is 1. The molecule has 5 nitrogen and oxygen atoms in total. The maximum Gasteiger partial charge on any atom is 0.229 e. The van der Waals surface area contributed by atoms with E-state index in [1.807, 2.05) is 36.4 Å². The zero-order chi connectivity index (χ0) is 20.1. The number of nitrogens with one attached hydrogen (secondary N) is 2. The van der Waals surface area contributed by atoms with E-state index < -0.39 is 0 Å². The summed E-state index contributed by atoms with van der Waals surface area (Å²) in [4.78, 5) is 12.9. The first kappa shape index (κ1) is 21.4. The molecule has 30 heavy (non-hydrogen) atoms. The molecule has 4 rings (SSSR count). The quantitative estimate of drug-likeness (QED) is 0.627. The molecule has 6 heteroatoms.